The Morgan fingerprint density at radius 2 is 2.29 bits per heavy atom. The van der Waals surface area contributed by atoms with Crippen LogP contribution in [0.3, 0.4) is 0 Å². The number of urea groups is 1. The van der Waals surface area contributed by atoms with Crippen LogP contribution in [0.2, 0.25) is 0 Å². The molecule has 1 saturated heterocycles. The maximum atomic E-state index is 13.7. The number of nitrogens with one attached hydrogen (secondary N) is 1. The summed E-state index contributed by atoms with van der Waals surface area (Å²) in [7, 11) is 0. The lowest BCUT2D eigenvalue weighted by molar-refractivity contribution is 0.0697. The molecule has 1 aliphatic rings. The zero-order chi connectivity index (χ0) is 15.4. The van der Waals surface area contributed by atoms with E-state index in [2.05, 4.69) is 12.2 Å². The van der Waals surface area contributed by atoms with Crippen LogP contribution in [0, 0.1) is 5.82 Å². The summed E-state index contributed by atoms with van der Waals surface area (Å²) < 4.78 is 13.7. The van der Waals surface area contributed by atoms with Crippen LogP contribution in [0.1, 0.15) is 23.7 Å². The lowest BCUT2D eigenvalue weighted by Gasteiger charge is -2.31. The molecule has 2 N–H and O–H groups in total. The number of nitrogens with zero attached hydrogens (tertiary/aromatic N) is 1. The van der Waals surface area contributed by atoms with Crippen molar-refractivity contribution in [2.45, 2.75) is 18.6 Å². The van der Waals surface area contributed by atoms with E-state index in [0.29, 0.717) is 18.3 Å². The highest BCUT2D eigenvalue weighted by Gasteiger charge is 2.23. The molecule has 5 nitrogen and oxygen atoms in total. The quantitative estimate of drug-likeness (QED) is 0.900. The fourth-order valence-electron chi connectivity index (χ4n) is 2.10. The van der Waals surface area contributed by atoms with Gasteiger partial charge >= 0.3 is 12.0 Å². The number of hydrogen-bond donors (Lipinski definition) is 2. The minimum atomic E-state index is -1.16. The first-order valence-corrected chi connectivity index (χ1v) is 7.76. The molecule has 1 atom stereocenters. The Morgan fingerprint density at radius 3 is 2.95 bits per heavy atom. The summed E-state index contributed by atoms with van der Waals surface area (Å²) in [5, 5.41) is 11.7. The molecule has 2 rings (SSSR count). The van der Waals surface area contributed by atoms with Crippen LogP contribution in [0.5, 0.6) is 0 Å². The number of anilines is 1. The number of carbonyl (C=O) groups is 2. The Kier molecular flexibility index (Phi) is 5.06. The molecule has 0 bridgehead atoms. The number of rotatable bonds is 3. The summed E-state index contributed by atoms with van der Waals surface area (Å²) in [6, 6.07) is 2.94. The molecule has 1 heterocycles. The van der Waals surface area contributed by atoms with Crippen molar-refractivity contribution >= 4 is 29.4 Å². The molecule has 1 unspecified atom stereocenters. The predicted octanol–water partition coefficient (Wildman–Crippen LogP) is 2.88. The number of carbonyl (C=O) groups excluding carboxylic acids is 1. The summed E-state index contributed by atoms with van der Waals surface area (Å²) in [5.74, 6) is -0.957. The molecule has 21 heavy (non-hydrogen) atoms. The monoisotopic (exact) mass is 312 g/mol. The van der Waals surface area contributed by atoms with Gasteiger partial charge in [0.05, 0.1) is 11.3 Å². The molecule has 1 aromatic rings. The normalized spacial score (nSPS) is 18.4. The number of hydrogen-bond acceptors (Lipinski definition) is 3. The molecule has 1 fully saturated rings. The molecule has 0 saturated carbocycles. The lowest BCUT2D eigenvalue weighted by atomic mass is 10.2. The number of halogens is 1. The van der Waals surface area contributed by atoms with Crippen molar-refractivity contribution in [1.82, 2.24) is 4.90 Å². The second-order valence-electron chi connectivity index (χ2n) is 4.78. The highest BCUT2D eigenvalue weighted by Crippen LogP contribution is 2.22. The Hall–Kier alpha value is -1.76. The van der Waals surface area contributed by atoms with Crippen LogP contribution >= 0.6 is 11.8 Å². The molecular weight excluding hydrogens is 295 g/mol. The zero-order valence-corrected chi connectivity index (χ0v) is 12.5. The van der Waals surface area contributed by atoms with Gasteiger partial charge in [-0.15, -0.1) is 0 Å². The molecule has 7 heteroatoms. The van der Waals surface area contributed by atoms with Gasteiger partial charge in [-0.2, -0.15) is 11.8 Å². The van der Waals surface area contributed by atoms with Gasteiger partial charge in [-0.3, -0.25) is 0 Å². The first-order chi connectivity index (χ1) is 10.0. The number of amides is 2. The van der Waals surface area contributed by atoms with Crippen molar-refractivity contribution in [3.05, 3.63) is 29.6 Å². The molecule has 1 aromatic carbocycles. The van der Waals surface area contributed by atoms with Crippen molar-refractivity contribution in [1.29, 1.82) is 0 Å². The number of carboxylic acid groups (broad SMARTS) is 1. The molecule has 0 aromatic heterocycles. The average molecular weight is 312 g/mol. The van der Waals surface area contributed by atoms with Crippen LogP contribution in [0.15, 0.2) is 18.2 Å². The number of benzene rings is 1. The van der Waals surface area contributed by atoms with E-state index >= 15 is 0 Å². The number of thioether (sulfide) groups is 1. The Labute approximate surface area is 126 Å². The first kappa shape index (κ1) is 15.6. The molecular formula is C14H17FN2O3S. The third-order valence-corrected chi connectivity index (χ3v) is 4.71. The van der Waals surface area contributed by atoms with Crippen LogP contribution < -0.4 is 5.32 Å². The number of aromatic carboxylic acids is 1. The van der Waals surface area contributed by atoms with E-state index in [1.165, 1.54) is 0 Å². The summed E-state index contributed by atoms with van der Waals surface area (Å²) in [4.78, 5) is 24.7. The molecule has 0 aliphatic carbocycles. The highest BCUT2D eigenvalue weighted by atomic mass is 32.2. The standard InChI is InChI=1S/C14H17FN2O3S/c1-2-10-8-17(5-6-21-10)14(20)16-12-7-9(13(18)19)3-4-11(12)15/h3-4,7,10H,2,5-6,8H2,1H3,(H,16,20)(H,18,19). The third-order valence-electron chi connectivity index (χ3n) is 3.34. The Bertz CT molecular complexity index is 553. The van der Waals surface area contributed by atoms with Gasteiger partial charge in [-0.1, -0.05) is 6.92 Å². The summed E-state index contributed by atoms with van der Waals surface area (Å²) >= 11 is 1.83. The molecule has 0 spiro atoms. The van der Waals surface area contributed by atoms with E-state index in [1.807, 2.05) is 11.8 Å². The van der Waals surface area contributed by atoms with Gasteiger partial charge in [-0.05, 0) is 24.6 Å². The van der Waals surface area contributed by atoms with E-state index in [0.717, 1.165) is 30.4 Å². The fraction of sp³-hybridized carbons (Fsp3) is 0.429. The first-order valence-electron chi connectivity index (χ1n) is 6.71. The maximum Gasteiger partial charge on any atom is 0.335 e. The lowest BCUT2D eigenvalue weighted by Crippen LogP contribution is -2.44. The smallest absolute Gasteiger partial charge is 0.335 e. The number of carboxylic acids is 1. The van der Waals surface area contributed by atoms with Crippen LogP contribution in [-0.2, 0) is 0 Å². The maximum absolute atomic E-state index is 13.7. The Balaban J connectivity index is 2.08. The van der Waals surface area contributed by atoms with Gasteiger partial charge in [0.2, 0.25) is 0 Å². The largest absolute Gasteiger partial charge is 0.478 e. The molecule has 2 amide bonds. The van der Waals surface area contributed by atoms with Gasteiger partial charge in [0.1, 0.15) is 5.82 Å². The van der Waals surface area contributed by atoms with Crippen LogP contribution in [-0.4, -0.2) is 46.1 Å². The minimum absolute atomic E-state index is 0.0627. The minimum Gasteiger partial charge on any atom is -0.478 e. The second-order valence-corrected chi connectivity index (χ2v) is 6.19. The third kappa shape index (κ3) is 3.87. The second kappa shape index (κ2) is 6.80. The van der Waals surface area contributed by atoms with Crippen molar-refractivity contribution in [3.63, 3.8) is 0 Å². The van der Waals surface area contributed by atoms with Crippen molar-refractivity contribution < 1.29 is 19.1 Å². The summed E-state index contributed by atoms with van der Waals surface area (Å²) in [6.07, 6.45) is 0.970. The topological polar surface area (TPSA) is 69.6 Å². The van der Waals surface area contributed by atoms with Gasteiger partial charge < -0.3 is 15.3 Å². The predicted molar refractivity (Wildman–Crippen MR) is 80.5 cm³/mol. The van der Waals surface area contributed by atoms with E-state index in [4.69, 9.17) is 5.11 Å². The molecule has 114 valence electrons. The zero-order valence-electron chi connectivity index (χ0n) is 11.6. The van der Waals surface area contributed by atoms with Crippen molar-refractivity contribution in [2.24, 2.45) is 0 Å². The van der Waals surface area contributed by atoms with E-state index < -0.39 is 17.8 Å². The highest BCUT2D eigenvalue weighted by molar-refractivity contribution is 8.00. The van der Waals surface area contributed by atoms with E-state index in [-0.39, 0.29) is 11.3 Å². The van der Waals surface area contributed by atoms with Gasteiger partial charge in [0.25, 0.3) is 0 Å². The summed E-state index contributed by atoms with van der Waals surface area (Å²) in [5.41, 5.74) is -0.168. The van der Waals surface area contributed by atoms with E-state index in [9.17, 15) is 14.0 Å². The van der Waals surface area contributed by atoms with Gasteiger partial charge in [0.15, 0.2) is 0 Å². The van der Waals surface area contributed by atoms with Crippen molar-refractivity contribution in [3.8, 4) is 0 Å². The SMILES string of the molecule is CCC1CN(C(=O)Nc2cc(C(=O)O)ccc2F)CCS1. The summed E-state index contributed by atoms with van der Waals surface area (Å²) in [6.45, 7) is 3.29. The van der Waals surface area contributed by atoms with Gasteiger partial charge in [0, 0.05) is 24.1 Å². The fourth-order valence-corrected chi connectivity index (χ4v) is 3.28. The van der Waals surface area contributed by atoms with Crippen LogP contribution in [0.25, 0.3) is 0 Å². The average Bonchev–Trinajstić information content (AvgIpc) is 2.49. The Morgan fingerprint density at radius 1 is 1.52 bits per heavy atom. The molecule has 0 radical (unpaired) electrons. The van der Waals surface area contributed by atoms with Crippen molar-refractivity contribution in [2.75, 3.05) is 24.2 Å². The molecule has 1 aliphatic heterocycles. The van der Waals surface area contributed by atoms with Gasteiger partial charge in [-0.25, -0.2) is 14.0 Å². The van der Waals surface area contributed by atoms with E-state index in [1.54, 1.807) is 4.90 Å². The van der Waals surface area contributed by atoms with Crippen LogP contribution in [0.4, 0.5) is 14.9 Å².